The smallest absolute Gasteiger partial charge is 0.260 e. The van der Waals surface area contributed by atoms with Crippen LogP contribution in [0.1, 0.15) is 54.2 Å². The molecule has 1 aliphatic heterocycles. The van der Waals surface area contributed by atoms with Crippen molar-refractivity contribution in [3.8, 4) is 0 Å². The molecule has 1 aromatic heterocycles. The Bertz CT molecular complexity index is 863. The third-order valence-electron chi connectivity index (χ3n) is 5.03. The van der Waals surface area contributed by atoms with Crippen molar-refractivity contribution in [3.63, 3.8) is 0 Å². The van der Waals surface area contributed by atoms with Gasteiger partial charge in [0.1, 0.15) is 5.82 Å². The van der Waals surface area contributed by atoms with Crippen LogP contribution in [0.25, 0.3) is 0 Å². The van der Waals surface area contributed by atoms with Gasteiger partial charge in [0.15, 0.2) is 5.16 Å². The minimum absolute atomic E-state index is 0.145. The van der Waals surface area contributed by atoms with Crippen LogP contribution in [0.2, 0.25) is 5.02 Å². The molecule has 142 valence electrons. The molecule has 6 nitrogen and oxygen atoms in total. The van der Waals surface area contributed by atoms with Gasteiger partial charge in [-0.05, 0) is 49.9 Å². The highest BCUT2D eigenvalue weighted by Gasteiger charge is 2.34. The number of halogens is 1. The quantitative estimate of drug-likeness (QED) is 0.727. The van der Waals surface area contributed by atoms with Gasteiger partial charge < -0.3 is 4.57 Å². The van der Waals surface area contributed by atoms with Gasteiger partial charge in [-0.15, -0.1) is 10.2 Å². The lowest BCUT2D eigenvalue weighted by Gasteiger charge is -2.22. The lowest BCUT2D eigenvalue weighted by molar-refractivity contribution is -0.127. The molecule has 27 heavy (non-hydrogen) atoms. The highest BCUT2D eigenvalue weighted by Crippen LogP contribution is 2.40. The normalized spacial score (nSPS) is 20.6. The number of hydrogen-bond donors (Lipinski definition) is 0. The van der Waals surface area contributed by atoms with Gasteiger partial charge in [-0.1, -0.05) is 29.8 Å². The summed E-state index contributed by atoms with van der Waals surface area (Å²) in [6, 6.07) is 6.66. The van der Waals surface area contributed by atoms with Crippen LogP contribution in [0.15, 0.2) is 29.4 Å². The second-order valence-electron chi connectivity index (χ2n) is 7.08. The second-order valence-corrected chi connectivity index (χ2v) is 8.68. The molecule has 2 heterocycles. The van der Waals surface area contributed by atoms with Crippen LogP contribution in [0.5, 0.6) is 0 Å². The number of carbonyl (C=O) groups excluding carboxylic acids is 2. The van der Waals surface area contributed by atoms with E-state index in [-0.39, 0.29) is 17.1 Å². The Hall–Kier alpha value is -1.86. The van der Waals surface area contributed by atoms with Crippen molar-refractivity contribution in [1.29, 1.82) is 0 Å². The highest BCUT2D eigenvalue weighted by atomic mass is 35.5. The molecule has 1 saturated heterocycles. The van der Waals surface area contributed by atoms with E-state index in [1.807, 2.05) is 11.6 Å². The topological polar surface area (TPSA) is 68.1 Å². The van der Waals surface area contributed by atoms with E-state index in [2.05, 4.69) is 10.2 Å². The third kappa shape index (κ3) is 3.89. The average Bonchev–Trinajstić information content (AvgIpc) is 3.46. The molecule has 2 fully saturated rings. The molecule has 0 bridgehead atoms. The molecule has 1 unspecified atom stereocenters. The molecule has 0 N–H and O–H groups in total. The zero-order valence-corrected chi connectivity index (χ0v) is 16.7. The van der Waals surface area contributed by atoms with E-state index in [0.29, 0.717) is 23.0 Å². The summed E-state index contributed by atoms with van der Waals surface area (Å²) in [5.74, 6) is 1.09. The van der Waals surface area contributed by atoms with E-state index < -0.39 is 0 Å². The minimum atomic E-state index is -0.321. The van der Waals surface area contributed by atoms with Crippen LogP contribution in [0.3, 0.4) is 0 Å². The maximum absolute atomic E-state index is 13.1. The number of benzene rings is 1. The average molecular weight is 405 g/mol. The number of hydrogen-bond acceptors (Lipinski definition) is 5. The number of carbonyl (C=O) groups is 2. The maximum Gasteiger partial charge on any atom is 0.260 e. The van der Waals surface area contributed by atoms with Crippen LogP contribution in [-0.2, 0) is 11.8 Å². The van der Waals surface area contributed by atoms with Gasteiger partial charge >= 0.3 is 0 Å². The van der Waals surface area contributed by atoms with Gasteiger partial charge in [0, 0.05) is 30.1 Å². The molecule has 4 rings (SSSR count). The fourth-order valence-electron chi connectivity index (χ4n) is 3.32. The Labute approximate surface area is 167 Å². The SMILES string of the molecule is Cn1c(SC2CCCCN(C(=O)c3ccc(Cl)cc3)C2=O)nnc1C1CC1. The van der Waals surface area contributed by atoms with Crippen LogP contribution in [-0.4, -0.2) is 43.3 Å². The highest BCUT2D eigenvalue weighted by molar-refractivity contribution is 8.00. The summed E-state index contributed by atoms with van der Waals surface area (Å²) in [4.78, 5) is 27.3. The van der Waals surface area contributed by atoms with Crippen LogP contribution >= 0.6 is 23.4 Å². The van der Waals surface area contributed by atoms with Crippen LogP contribution in [0, 0.1) is 0 Å². The molecule has 8 heteroatoms. The summed E-state index contributed by atoms with van der Waals surface area (Å²) in [5, 5.41) is 9.56. The van der Waals surface area contributed by atoms with E-state index in [1.165, 1.54) is 16.7 Å². The molecule has 2 aromatic rings. The maximum atomic E-state index is 13.1. The monoisotopic (exact) mass is 404 g/mol. The molecule has 2 aliphatic rings. The lowest BCUT2D eigenvalue weighted by Crippen LogP contribution is -2.41. The predicted octanol–water partition coefficient (Wildman–Crippen LogP) is 3.66. The van der Waals surface area contributed by atoms with E-state index in [9.17, 15) is 9.59 Å². The Morgan fingerprint density at radius 1 is 1.15 bits per heavy atom. The first-order valence-electron chi connectivity index (χ1n) is 9.22. The summed E-state index contributed by atoms with van der Waals surface area (Å²) in [6.45, 7) is 0.448. The largest absolute Gasteiger partial charge is 0.309 e. The Balaban J connectivity index is 1.52. The molecule has 2 amide bonds. The molecular weight excluding hydrogens is 384 g/mol. The summed E-state index contributed by atoms with van der Waals surface area (Å²) in [5.41, 5.74) is 0.480. The number of imide groups is 1. The molecule has 1 aliphatic carbocycles. The van der Waals surface area contributed by atoms with Crippen molar-refractivity contribution in [2.24, 2.45) is 7.05 Å². The Morgan fingerprint density at radius 2 is 1.89 bits per heavy atom. The summed E-state index contributed by atoms with van der Waals surface area (Å²) < 4.78 is 1.99. The number of aromatic nitrogens is 3. The van der Waals surface area contributed by atoms with Crippen molar-refractivity contribution >= 4 is 35.2 Å². The zero-order chi connectivity index (χ0) is 19.0. The first kappa shape index (κ1) is 18.5. The summed E-state index contributed by atoms with van der Waals surface area (Å²) in [6.07, 6.45) is 4.76. The number of rotatable bonds is 4. The van der Waals surface area contributed by atoms with Crippen molar-refractivity contribution in [1.82, 2.24) is 19.7 Å². The van der Waals surface area contributed by atoms with Crippen molar-refractivity contribution < 1.29 is 9.59 Å². The summed E-state index contributed by atoms with van der Waals surface area (Å²) in [7, 11) is 1.95. The number of nitrogens with zero attached hydrogens (tertiary/aromatic N) is 4. The molecule has 0 spiro atoms. The van der Waals surface area contributed by atoms with Gasteiger partial charge in [-0.3, -0.25) is 14.5 Å². The van der Waals surface area contributed by atoms with Crippen molar-refractivity contribution in [2.45, 2.75) is 48.4 Å². The lowest BCUT2D eigenvalue weighted by atomic mass is 10.2. The molecule has 1 atom stereocenters. The van der Waals surface area contributed by atoms with Gasteiger partial charge in [0.05, 0.1) is 5.25 Å². The zero-order valence-electron chi connectivity index (χ0n) is 15.1. The van der Waals surface area contributed by atoms with Crippen LogP contribution < -0.4 is 0 Å². The van der Waals surface area contributed by atoms with E-state index in [4.69, 9.17) is 11.6 Å². The van der Waals surface area contributed by atoms with Gasteiger partial charge in [0.2, 0.25) is 5.91 Å². The van der Waals surface area contributed by atoms with Crippen LogP contribution in [0.4, 0.5) is 0 Å². The fraction of sp³-hybridized carbons (Fsp3) is 0.474. The van der Waals surface area contributed by atoms with E-state index in [0.717, 1.165) is 43.1 Å². The third-order valence-corrected chi connectivity index (χ3v) is 6.57. The van der Waals surface area contributed by atoms with Crippen molar-refractivity contribution in [3.05, 3.63) is 40.7 Å². The predicted molar refractivity (Wildman–Crippen MR) is 104 cm³/mol. The molecule has 0 radical (unpaired) electrons. The van der Waals surface area contributed by atoms with Gasteiger partial charge in [0.25, 0.3) is 5.91 Å². The van der Waals surface area contributed by atoms with E-state index in [1.54, 1.807) is 24.3 Å². The molecule has 1 aromatic carbocycles. The fourth-order valence-corrected chi connectivity index (χ4v) is 4.55. The minimum Gasteiger partial charge on any atom is -0.309 e. The first-order valence-corrected chi connectivity index (χ1v) is 10.5. The van der Waals surface area contributed by atoms with E-state index >= 15 is 0 Å². The second kappa shape index (κ2) is 7.64. The summed E-state index contributed by atoms with van der Waals surface area (Å²) >= 11 is 7.33. The van der Waals surface area contributed by atoms with Gasteiger partial charge in [-0.2, -0.15) is 0 Å². The Kier molecular flexibility index (Phi) is 5.23. The van der Waals surface area contributed by atoms with Gasteiger partial charge in [-0.25, -0.2) is 0 Å². The first-order chi connectivity index (χ1) is 13.0. The molecule has 1 saturated carbocycles. The standard InChI is InChI=1S/C19H21ClN4O2S/c1-23-16(12-5-6-12)21-22-19(23)27-15-4-2-3-11-24(18(15)26)17(25)13-7-9-14(20)10-8-13/h7-10,12,15H,2-6,11H2,1H3. The number of thioether (sulfide) groups is 1. The van der Waals surface area contributed by atoms with Crippen molar-refractivity contribution in [2.75, 3.05) is 6.54 Å². The number of amides is 2. The Morgan fingerprint density at radius 3 is 2.59 bits per heavy atom. The molecular formula is C19H21ClN4O2S. The number of likely N-dealkylation sites (tertiary alicyclic amines) is 1.